The lowest BCUT2D eigenvalue weighted by Crippen LogP contribution is -2.16. The van der Waals surface area contributed by atoms with Crippen LogP contribution >= 0.6 is 0 Å². The van der Waals surface area contributed by atoms with Crippen LogP contribution in [0.5, 0.6) is 0 Å². The molecule has 23 heavy (non-hydrogen) atoms. The van der Waals surface area contributed by atoms with Gasteiger partial charge in [-0.3, -0.25) is 9.59 Å². The fraction of sp³-hybridized carbons (Fsp3) is 0.800. The van der Waals surface area contributed by atoms with Crippen LogP contribution in [0.4, 0.5) is 0 Å². The Morgan fingerprint density at radius 2 is 1.57 bits per heavy atom. The van der Waals surface area contributed by atoms with E-state index in [1.807, 2.05) is 0 Å². The summed E-state index contributed by atoms with van der Waals surface area (Å²) in [5.41, 5.74) is 0. The molecule has 0 amide bonds. The summed E-state index contributed by atoms with van der Waals surface area (Å²) in [5.74, 6) is 0.253. The number of hydrogen-bond donors (Lipinski definition) is 1. The average Bonchev–Trinajstić information content (AvgIpc) is 2.86. The zero-order valence-electron chi connectivity index (χ0n) is 14.8. The molecule has 0 unspecified atom stereocenters. The van der Waals surface area contributed by atoms with Crippen LogP contribution in [0.1, 0.15) is 90.4 Å². The lowest BCUT2D eigenvalue weighted by Gasteiger charge is -2.18. The molecule has 0 saturated carbocycles. The van der Waals surface area contributed by atoms with Crippen molar-refractivity contribution < 1.29 is 14.7 Å². The number of rotatable bonds is 14. The second-order valence-corrected chi connectivity index (χ2v) is 6.93. The molecule has 0 aromatic heterocycles. The highest BCUT2D eigenvalue weighted by atomic mass is 16.4. The van der Waals surface area contributed by atoms with Crippen molar-refractivity contribution in [1.29, 1.82) is 0 Å². The maximum Gasteiger partial charge on any atom is 0.303 e. The van der Waals surface area contributed by atoms with Crippen molar-refractivity contribution in [3.63, 3.8) is 0 Å². The van der Waals surface area contributed by atoms with E-state index in [1.54, 1.807) is 6.08 Å². The third kappa shape index (κ3) is 8.92. The van der Waals surface area contributed by atoms with Gasteiger partial charge in [-0.15, -0.1) is 0 Å². The molecule has 0 fully saturated rings. The first-order valence-corrected chi connectivity index (χ1v) is 9.59. The summed E-state index contributed by atoms with van der Waals surface area (Å²) >= 11 is 0. The molecule has 0 aromatic carbocycles. The highest BCUT2D eigenvalue weighted by Gasteiger charge is 2.28. The van der Waals surface area contributed by atoms with Crippen molar-refractivity contribution in [2.75, 3.05) is 0 Å². The first kappa shape index (κ1) is 19.9. The van der Waals surface area contributed by atoms with Gasteiger partial charge >= 0.3 is 5.97 Å². The Bertz CT molecular complexity index is 373. The standard InChI is InChI=1S/C20H34O3/c1-2-3-4-5-6-9-12-17-15-16-19(21)18(17)13-10-7-8-11-14-20(22)23/h15-18H,2-14H2,1H3,(H,22,23)/t17-,18+/m0/s1. The Labute approximate surface area is 141 Å². The summed E-state index contributed by atoms with van der Waals surface area (Å²) in [5, 5.41) is 8.61. The maximum atomic E-state index is 12.0. The van der Waals surface area contributed by atoms with Crippen LogP contribution in [-0.4, -0.2) is 16.9 Å². The Morgan fingerprint density at radius 3 is 2.26 bits per heavy atom. The van der Waals surface area contributed by atoms with Crippen LogP contribution in [0.15, 0.2) is 12.2 Å². The van der Waals surface area contributed by atoms with Crippen LogP contribution in [0.2, 0.25) is 0 Å². The van der Waals surface area contributed by atoms with Crippen LogP contribution in [-0.2, 0) is 9.59 Å². The largest absolute Gasteiger partial charge is 0.481 e. The molecular weight excluding hydrogens is 288 g/mol. The summed E-state index contributed by atoms with van der Waals surface area (Å²) < 4.78 is 0. The third-order valence-electron chi connectivity index (χ3n) is 4.94. The zero-order chi connectivity index (χ0) is 16.9. The monoisotopic (exact) mass is 322 g/mol. The topological polar surface area (TPSA) is 54.4 Å². The molecule has 0 bridgehead atoms. The number of unbranched alkanes of at least 4 members (excludes halogenated alkanes) is 8. The van der Waals surface area contributed by atoms with E-state index in [2.05, 4.69) is 13.0 Å². The first-order chi connectivity index (χ1) is 11.1. The molecule has 0 aliphatic heterocycles. The zero-order valence-corrected chi connectivity index (χ0v) is 14.8. The van der Waals surface area contributed by atoms with Gasteiger partial charge in [0.25, 0.3) is 0 Å². The van der Waals surface area contributed by atoms with E-state index in [1.165, 1.54) is 38.5 Å². The molecule has 0 radical (unpaired) electrons. The van der Waals surface area contributed by atoms with Gasteiger partial charge < -0.3 is 5.11 Å². The number of allylic oxidation sites excluding steroid dienone is 2. The molecule has 0 aromatic rings. The van der Waals surface area contributed by atoms with Gasteiger partial charge in [0.1, 0.15) is 0 Å². The van der Waals surface area contributed by atoms with Gasteiger partial charge in [-0.05, 0) is 31.3 Å². The van der Waals surface area contributed by atoms with Crippen LogP contribution in [0, 0.1) is 11.8 Å². The van der Waals surface area contributed by atoms with Crippen molar-refractivity contribution in [2.45, 2.75) is 90.4 Å². The van der Waals surface area contributed by atoms with Crippen LogP contribution < -0.4 is 0 Å². The van der Waals surface area contributed by atoms with Gasteiger partial charge in [0.15, 0.2) is 5.78 Å². The van der Waals surface area contributed by atoms with E-state index in [4.69, 9.17) is 5.11 Å². The van der Waals surface area contributed by atoms with E-state index in [-0.39, 0.29) is 12.3 Å². The van der Waals surface area contributed by atoms with Gasteiger partial charge in [0.2, 0.25) is 0 Å². The number of hydrogen-bond acceptors (Lipinski definition) is 2. The van der Waals surface area contributed by atoms with Crippen molar-refractivity contribution in [3.05, 3.63) is 12.2 Å². The average molecular weight is 322 g/mol. The van der Waals surface area contributed by atoms with Gasteiger partial charge in [0, 0.05) is 12.3 Å². The quantitative estimate of drug-likeness (QED) is 0.428. The molecule has 1 N–H and O–H groups in total. The van der Waals surface area contributed by atoms with Crippen molar-refractivity contribution in [3.8, 4) is 0 Å². The predicted molar refractivity (Wildman–Crippen MR) is 94.5 cm³/mol. The number of ketones is 1. The third-order valence-corrected chi connectivity index (χ3v) is 4.94. The van der Waals surface area contributed by atoms with E-state index < -0.39 is 5.97 Å². The highest BCUT2D eigenvalue weighted by Crippen LogP contribution is 2.31. The fourth-order valence-electron chi connectivity index (χ4n) is 3.50. The second-order valence-electron chi connectivity index (χ2n) is 6.93. The van der Waals surface area contributed by atoms with Crippen LogP contribution in [0.3, 0.4) is 0 Å². The number of carbonyl (C=O) groups is 2. The lowest BCUT2D eigenvalue weighted by atomic mass is 9.86. The molecular formula is C20H34O3. The molecule has 132 valence electrons. The normalized spacial score (nSPS) is 20.3. The van der Waals surface area contributed by atoms with Crippen molar-refractivity contribution >= 4 is 11.8 Å². The Morgan fingerprint density at radius 1 is 0.957 bits per heavy atom. The summed E-state index contributed by atoms with van der Waals surface area (Å²) in [6, 6.07) is 0. The number of carboxylic acids is 1. The molecule has 0 spiro atoms. The van der Waals surface area contributed by atoms with Gasteiger partial charge in [0.05, 0.1) is 0 Å². The smallest absolute Gasteiger partial charge is 0.303 e. The number of carboxylic acid groups (broad SMARTS) is 1. The minimum atomic E-state index is -0.709. The predicted octanol–water partition coefficient (Wildman–Crippen LogP) is 5.53. The van der Waals surface area contributed by atoms with E-state index in [9.17, 15) is 9.59 Å². The number of carbonyl (C=O) groups excluding carboxylic acids is 1. The number of aliphatic carboxylic acids is 1. The van der Waals surface area contributed by atoms with Gasteiger partial charge in [-0.2, -0.15) is 0 Å². The SMILES string of the molecule is CCCCCCCC[C@H]1C=CC(=O)[C@@H]1CCCCCCC(=O)O. The first-order valence-electron chi connectivity index (χ1n) is 9.59. The Kier molecular flexibility index (Phi) is 10.7. The van der Waals surface area contributed by atoms with E-state index in [0.29, 0.717) is 11.7 Å². The molecule has 3 heteroatoms. The van der Waals surface area contributed by atoms with Crippen molar-refractivity contribution in [1.82, 2.24) is 0 Å². The van der Waals surface area contributed by atoms with E-state index >= 15 is 0 Å². The lowest BCUT2D eigenvalue weighted by molar-refractivity contribution is -0.137. The van der Waals surface area contributed by atoms with Gasteiger partial charge in [-0.25, -0.2) is 0 Å². The highest BCUT2D eigenvalue weighted by molar-refractivity contribution is 5.94. The molecule has 1 aliphatic rings. The van der Waals surface area contributed by atoms with E-state index in [0.717, 1.165) is 38.5 Å². The Balaban J connectivity index is 2.12. The summed E-state index contributed by atoms with van der Waals surface area (Å²) in [7, 11) is 0. The minimum Gasteiger partial charge on any atom is -0.481 e. The summed E-state index contributed by atoms with van der Waals surface area (Å²) in [6.07, 6.45) is 17.9. The van der Waals surface area contributed by atoms with Crippen LogP contribution in [0.25, 0.3) is 0 Å². The maximum absolute atomic E-state index is 12.0. The molecule has 1 aliphatic carbocycles. The van der Waals surface area contributed by atoms with Crippen molar-refractivity contribution in [2.24, 2.45) is 11.8 Å². The fourth-order valence-corrected chi connectivity index (χ4v) is 3.50. The van der Waals surface area contributed by atoms with Gasteiger partial charge in [-0.1, -0.05) is 70.8 Å². The summed E-state index contributed by atoms with van der Waals surface area (Å²) in [6.45, 7) is 2.24. The molecule has 2 atom stereocenters. The Hall–Kier alpha value is -1.12. The molecule has 0 heterocycles. The second kappa shape index (κ2) is 12.3. The minimum absolute atomic E-state index is 0.199. The molecule has 0 saturated heterocycles. The summed E-state index contributed by atoms with van der Waals surface area (Å²) in [4.78, 5) is 22.5. The molecule has 3 nitrogen and oxygen atoms in total. The molecule has 1 rings (SSSR count).